The van der Waals surface area contributed by atoms with E-state index in [0.717, 1.165) is 29.8 Å². The molecule has 23 heavy (non-hydrogen) atoms. The van der Waals surface area contributed by atoms with Gasteiger partial charge in [0.25, 0.3) is 0 Å². The molecule has 1 aromatic carbocycles. The molecule has 0 saturated carbocycles. The molecule has 7 heteroatoms. The van der Waals surface area contributed by atoms with E-state index >= 15 is 0 Å². The molecule has 2 heterocycles. The standard InChI is InChI=1S/C16H18ClN3O2S/c1-2-3-7-15(21)18-16-13-9-23(22)10-14(13)19-20(16)12-6-4-5-11(17)8-12/h4-6,8H,2-3,7,9-10H2,1H3,(H,18,21). The predicted molar refractivity (Wildman–Crippen MR) is 92.3 cm³/mol. The number of fused-ring (bicyclic) bond motifs is 1. The second-order valence-corrected chi connectivity index (χ2v) is 7.44. The highest BCUT2D eigenvalue weighted by Crippen LogP contribution is 2.32. The van der Waals surface area contributed by atoms with Crippen molar-refractivity contribution in [2.24, 2.45) is 0 Å². The summed E-state index contributed by atoms with van der Waals surface area (Å²) in [5, 5.41) is 8.09. The Morgan fingerprint density at radius 3 is 3.00 bits per heavy atom. The SMILES string of the molecule is CCCCC(=O)Nc1c2c(nn1-c1cccc(Cl)c1)CS(=O)C2. The number of hydrogen-bond acceptors (Lipinski definition) is 3. The van der Waals surface area contributed by atoms with Crippen molar-refractivity contribution < 1.29 is 9.00 Å². The fraction of sp³-hybridized carbons (Fsp3) is 0.375. The molecule has 0 spiro atoms. The maximum Gasteiger partial charge on any atom is 0.225 e. The number of hydrogen-bond donors (Lipinski definition) is 1. The van der Waals surface area contributed by atoms with Gasteiger partial charge in [-0.15, -0.1) is 0 Å². The molecule has 3 rings (SSSR count). The summed E-state index contributed by atoms with van der Waals surface area (Å²) in [4.78, 5) is 12.1. The molecule has 1 amide bonds. The monoisotopic (exact) mass is 351 g/mol. The number of unbranched alkanes of at least 4 members (excludes halogenated alkanes) is 1. The summed E-state index contributed by atoms with van der Waals surface area (Å²) in [7, 11) is -0.941. The molecule has 1 N–H and O–H groups in total. The Morgan fingerprint density at radius 2 is 2.26 bits per heavy atom. The van der Waals surface area contributed by atoms with Crippen molar-refractivity contribution in [1.29, 1.82) is 0 Å². The molecule has 0 saturated heterocycles. The van der Waals surface area contributed by atoms with Crippen LogP contribution in [0.1, 0.15) is 37.4 Å². The van der Waals surface area contributed by atoms with E-state index in [0.29, 0.717) is 28.8 Å². The van der Waals surface area contributed by atoms with E-state index in [1.807, 2.05) is 19.1 Å². The average Bonchev–Trinajstić information content (AvgIpc) is 3.03. The quantitative estimate of drug-likeness (QED) is 0.897. The molecule has 1 aromatic heterocycles. The van der Waals surface area contributed by atoms with Crippen LogP contribution in [-0.2, 0) is 27.1 Å². The molecular weight excluding hydrogens is 334 g/mol. The van der Waals surface area contributed by atoms with Crippen molar-refractivity contribution in [3.63, 3.8) is 0 Å². The van der Waals surface area contributed by atoms with Gasteiger partial charge in [0.15, 0.2) is 0 Å². The highest BCUT2D eigenvalue weighted by Gasteiger charge is 2.28. The molecule has 0 fully saturated rings. The number of amides is 1. The van der Waals surface area contributed by atoms with Crippen LogP contribution < -0.4 is 5.32 Å². The number of nitrogens with zero attached hydrogens (tertiary/aromatic N) is 2. The summed E-state index contributed by atoms with van der Waals surface area (Å²) < 4.78 is 13.5. The Kier molecular flexibility index (Phi) is 4.82. The average molecular weight is 352 g/mol. The van der Waals surface area contributed by atoms with Crippen molar-refractivity contribution in [2.75, 3.05) is 5.32 Å². The van der Waals surface area contributed by atoms with Crippen LogP contribution in [0.15, 0.2) is 24.3 Å². The molecule has 0 aliphatic carbocycles. The van der Waals surface area contributed by atoms with Crippen molar-refractivity contribution in [2.45, 2.75) is 37.7 Å². The van der Waals surface area contributed by atoms with Crippen molar-refractivity contribution in [1.82, 2.24) is 9.78 Å². The minimum atomic E-state index is -0.941. The van der Waals surface area contributed by atoms with Gasteiger partial charge in [-0.05, 0) is 24.6 Å². The van der Waals surface area contributed by atoms with Gasteiger partial charge in [-0.25, -0.2) is 4.68 Å². The fourth-order valence-electron chi connectivity index (χ4n) is 2.58. The Labute approximate surface area is 142 Å². The van der Waals surface area contributed by atoms with Crippen molar-refractivity contribution >= 4 is 34.1 Å². The van der Waals surface area contributed by atoms with Gasteiger partial charge in [0.1, 0.15) is 5.82 Å². The molecular formula is C16H18ClN3O2S. The number of nitrogens with one attached hydrogen (secondary N) is 1. The van der Waals surface area contributed by atoms with E-state index in [1.165, 1.54) is 0 Å². The molecule has 0 bridgehead atoms. The van der Waals surface area contributed by atoms with Crippen molar-refractivity contribution in [3.05, 3.63) is 40.5 Å². The third-order valence-corrected chi connectivity index (χ3v) is 5.18. The number of anilines is 1. The molecule has 1 atom stereocenters. The van der Waals surface area contributed by atoms with Gasteiger partial charge < -0.3 is 5.32 Å². The first-order valence-corrected chi connectivity index (χ1v) is 9.46. The Balaban J connectivity index is 1.98. The van der Waals surface area contributed by atoms with Gasteiger partial charge in [0.2, 0.25) is 5.91 Å². The Hall–Kier alpha value is -1.66. The smallest absolute Gasteiger partial charge is 0.225 e. The van der Waals surface area contributed by atoms with Crippen LogP contribution >= 0.6 is 11.6 Å². The van der Waals surface area contributed by atoms with Crippen LogP contribution in [0, 0.1) is 0 Å². The summed E-state index contributed by atoms with van der Waals surface area (Å²) >= 11 is 6.06. The maximum absolute atomic E-state index is 12.1. The lowest BCUT2D eigenvalue weighted by Crippen LogP contribution is -2.16. The number of halogens is 1. The van der Waals surface area contributed by atoms with E-state index < -0.39 is 10.8 Å². The number of carbonyl (C=O) groups excluding carboxylic acids is 1. The minimum Gasteiger partial charge on any atom is -0.310 e. The van der Waals surface area contributed by atoms with E-state index in [2.05, 4.69) is 10.4 Å². The number of rotatable bonds is 5. The van der Waals surface area contributed by atoms with Crippen LogP contribution in [0.4, 0.5) is 5.82 Å². The zero-order valence-corrected chi connectivity index (χ0v) is 14.4. The third kappa shape index (κ3) is 3.48. The number of aromatic nitrogens is 2. The summed E-state index contributed by atoms with van der Waals surface area (Å²) in [6.45, 7) is 2.05. The molecule has 0 radical (unpaired) electrons. The highest BCUT2D eigenvalue weighted by molar-refractivity contribution is 7.83. The van der Waals surface area contributed by atoms with Gasteiger partial charge in [-0.1, -0.05) is 31.0 Å². The Bertz CT molecular complexity index is 773. The molecule has 1 aliphatic heterocycles. The lowest BCUT2D eigenvalue weighted by Gasteiger charge is -2.11. The molecule has 1 unspecified atom stereocenters. The zero-order valence-electron chi connectivity index (χ0n) is 12.8. The van der Waals surface area contributed by atoms with Gasteiger partial charge in [-0.2, -0.15) is 5.10 Å². The molecule has 5 nitrogen and oxygen atoms in total. The van der Waals surface area contributed by atoms with Crippen molar-refractivity contribution in [3.8, 4) is 5.69 Å². The van der Waals surface area contributed by atoms with Crippen LogP contribution in [0.3, 0.4) is 0 Å². The van der Waals surface area contributed by atoms with Crippen LogP contribution in [0.5, 0.6) is 0 Å². The predicted octanol–water partition coefficient (Wildman–Crippen LogP) is 3.42. The van der Waals surface area contributed by atoms with Gasteiger partial charge >= 0.3 is 0 Å². The lowest BCUT2D eigenvalue weighted by atomic mass is 10.2. The summed E-state index contributed by atoms with van der Waals surface area (Å²) in [6.07, 6.45) is 2.27. The zero-order chi connectivity index (χ0) is 16.4. The normalized spacial score (nSPS) is 16.3. The first kappa shape index (κ1) is 16.2. The van der Waals surface area contributed by atoms with Crippen LogP contribution in [0.25, 0.3) is 5.69 Å². The van der Waals surface area contributed by atoms with Crippen LogP contribution in [-0.4, -0.2) is 19.9 Å². The maximum atomic E-state index is 12.1. The van der Waals surface area contributed by atoms with E-state index in [4.69, 9.17) is 11.6 Å². The van der Waals surface area contributed by atoms with Crippen LogP contribution in [0.2, 0.25) is 5.02 Å². The topological polar surface area (TPSA) is 64.0 Å². The third-order valence-electron chi connectivity index (χ3n) is 3.74. The largest absolute Gasteiger partial charge is 0.310 e. The highest BCUT2D eigenvalue weighted by atomic mass is 35.5. The number of benzene rings is 1. The van der Waals surface area contributed by atoms with Gasteiger partial charge in [0, 0.05) is 27.8 Å². The lowest BCUT2D eigenvalue weighted by molar-refractivity contribution is -0.116. The van der Waals surface area contributed by atoms with E-state index in [1.54, 1.807) is 16.8 Å². The summed E-state index contributed by atoms with van der Waals surface area (Å²) in [6, 6.07) is 7.30. The molecule has 1 aliphatic rings. The first-order chi connectivity index (χ1) is 11.1. The first-order valence-electron chi connectivity index (χ1n) is 7.60. The van der Waals surface area contributed by atoms with Gasteiger partial charge in [0.05, 0.1) is 22.9 Å². The second kappa shape index (κ2) is 6.84. The second-order valence-electron chi connectivity index (χ2n) is 5.55. The Morgan fingerprint density at radius 1 is 1.43 bits per heavy atom. The summed E-state index contributed by atoms with van der Waals surface area (Å²) in [5.41, 5.74) is 2.44. The van der Waals surface area contributed by atoms with E-state index in [-0.39, 0.29) is 5.91 Å². The van der Waals surface area contributed by atoms with E-state index in [9.17, 15) is 9.00 Å². The number of carbonyl (C=O) groups is 1. The van der Waals surface area contributed by atoms with Gasteiger partial charge in [-0.3, -0.25) is 9.00 Å². The molecule has 2 aromatic rings. The minimum absolute atomic E-state index is 0.0458. The fourth-order valence-corrected chi connectivity index (χ4v) is 4.03. The molecule has 122 valence electrons. The summed E-state index contributed by atoms with van der Waals surface area (Å²) in [5.74, 6) is 1.43.